The number of carboxylic acid groups (broad SMARTS) is 1. The molecule has 0 atom stereocenters. The Labute approximate surface area is 128 Å². The van der Waals surface area contributed by atoms with Gasteiger partial charge in [0.15, 0.2) is 0 Å². The third-order valence-electron chi connectivity index (χ3n) is 3.95. The molecule has 2 rings (SSSR count). The summed E-state index contributed by atoms with van der Waals surface area (Å²) in [5.74, 6) is -1.05. The topological polar surface area (TPSA) is 66.4 Å². The summed E-state index contributed by atoms with van der Waals surface area (Å²) in [5.41, 5.74) is 0.994. The van der Waals surface area contributed by atoms with Gasteiger partial charge in [0.25, 0.3) is 5.91 Å². The Morgan fingerprint density at radius 1 is 1.38 bits per heavy atom. The number of carbonyl (C=O) groups is 2. The lowest BCUT2D eigenvalue weighted by Gasteiger charge is -2.34. The number of nitrogens with one attached hydrogen (secondary N) is 1. The number of amides is 1. The highest BCUT2D eigenvalue weighted by molar-refractivity contribution is 7.11. The minimum atomic E-state index is -0.987. The molecule has 1 aromatic rings. The van der Waals surface area contributed by atoms with Crippen molar-refractivity contribution in [3.8, 4) is 0 Å². The van der Waals surface area contributed by atoms with E-state index in [1.54, 1.807) is 11.4 Å². The van der Waals surface area contributed by atoms with Gasteiger partial charge < -0.3 is 10.4 Å². The number of aliphatic carboxylic acids is 1. The van der Waals surface area contributed by atoms with Crippen molar-refractivity contribution in [1.82, 2.24) is 5.32 Å². The van der Waals surface area contributed by atoms with Gasteiger partial charge in [0.1, 0.15) is 0 Å². The highest BCUT2D eigenvalue weighted by Gasteiger charge is 2.27. The van der Waals surface area contributed by atoms with E-state index in [1.807, 2.05) is 0 Å². The fourth-order valence-electron chi connectivity index (χ4n) is 2.53. The molecule has 114 valence electrons. The summed E-state index contributed by atoms with van der Waals surface area (Å²) in [4.78, 5) is 23.4. The SMILES string of the molecule is CC1(C)CCC(NC(=O)c2csc(C=CC(=O)O)c2)CC1. The lowest BCUT2D eigenvalue weighted by atomic mass is 9.75. The fraction of sp³-hybridized carbons (Fsp3) is 0.500. The van der Waals surface area contributed by atoms with Gasteiger partial charge in [0, 0.05) is 22.4 Å². The summed E-state index contributed by atoms with van der Waals surface area (Å²) in [6, 6.07) is 1.98. The van der Waals surface area contributed by atoms with E-state index in [1.165, 1.54) is 17.4 Å². The van der Waals surface area contributed by atoms with E-state index in [9.17, 15) is 9.59 Å². The summed E-state index contributed by atoms with van der Waals surface area (Å²) in [5, 5.41) is 13.4. The molecule has 0 saturated heterocycles. The zero-order valence-corrected chi connectivity index (χ0v) is 13.2. The van der Waals surface area contributed by atoms with Crippen LogP contribution in [0.25, 0.3) is 6.08 Å². The Morgan fingerprint density at radius 3 is 2.67 bits per heavy atom. The fourth-order valence-corrected chi connectivity index (χ4v) is 3.30. The van der Waals surface area contributed by atoms with Gasteiger partial charge in [0.05, 0.1) is 5.56 Å². The zero-order valence-electron chi connectivity index (χ0n) is 12.4. The molecule has 1 fully saturated rings. The van der Waals surface area contributed by atoms with Crippen LogP contribution >= 0.6 is 11.3 Å². The van der Waals surface area contributed by atoms with Gasteiger partial charge in [-0.15, -0.1) is 11.3 Å². The van der Waals surface area contributed by atoms with E-state index in [0.29, 0.717) is 11.0 Å². The van der Waals surface area contributed by atoms with Crippen LogP contribution < -0.4 is 5.32 Å². The first-order valence-corrected chi connectivity index (χ1v) is 8.04. The molecule has 21 heavy (non-hydrogen) atoms. The Kier molecular flexibility index (Phi) is 4.83. The molecule has 0 aliphatic heterocycles. The molecule has 1 amide bonds. The second-order valence-corrected chi connectivity index (χ2v) is 7.26. The van der Waals surface area contributed by atoms with Crippen LogP contribution in [0.1, 0.15) is 54.8 Å². The summed E-state index contributed by atoms with van der Waals surface area (Å²) in [6.07, 6.45) is 6.90. The van der Waals surface area contributed by atoms with Gasteiger partial charge in [0.2, 0.25) is 0 Å². The standard InChI is InChI=1S/C16H21NO3S/c1-16(2)7-5-12(6-8-16)17-15(20)11-9-13(21-10-11)3-4-14(18)19/h3-4,9-10,12H,5-8H2,1-2H3,(H,17,20)(H,18,19). The van der Waals surface area contributed by atoms with Crippen molar-refractivity contribution in [3.05, 3.63) is 28.0 Å². The maximum atomic E-state index is 12.2. The van der Waals surface area contributed by atoms with Crippen molar-refractivity contribution in [2.75, 3.05) is 0 Å². The van der Waals surface area contributed by atoms with Crippen molar-refractivity contribution in [3.63, 3.8) is 0 Å². The summed E-state index contributed by atoms with van der Waals surface area (Å²) >= 11 is 1.37. The average molecular weight is 307 g/mol. The number of hydrogen-bond donors (Lipinski definition) is 2. The summed E-state index contributed by atoms with van der Waals surface area (Å²) < 4.78 is 0. The molecule has 1 aliphatic rings. The van der Waals surface area contributed by atoms with Crippen LogP contribution in [0.15, 0.2) is 17.5 Å². The second-order valence-electron chi connectivity index (χ2n) is 6.32. The molecule has 4 nitrogen and oxygen atoms in total. The van der Waals surface area contributed by atoms with E-state index in [0.717, 1.165) is 36.6 Å². The van der Waals surface area contributed by atoms with Crippen LogP contribution in [0.3, 0.4) is 0 Å². The van der Waals surface area contributed by atoms with Crippen LogP contribution in [0.5, 0.6) is 0 Å². The van der Waals surface area contributed by atoms with E-state index in [-0.39, 0.29) is 11.9 Å². The summed E-state index contributed by atoms with van der Waals surface area (Å²) in [6.45, 7) is 4.54. The minimum absolute atomic E-state index is 0.0640. The van der Waals surface area contributed by atoms with E-state index in [2.05, 4.69) is 19.2 Å². The second kappa shape index (κ2) is 6.43. The minimum Gasteiger partial charge on any atom is -0.478 e. The first-order chi connectivity index (χ1) is 9.85. The van der Waals surface area contributed by atoms with Gasteiger partial charge in [-0.05, 0) is 43.2 Å². The first-order valence-electron chi connectivity index (χ1n) is 7.16. The quantitative estimate of drug-likeness (QED) is 0.836. The number of carboxylic acids is 1. The van der Waals surface area contributed by atoms with E-state index in [4.69, 9.17) is 5.11 Å². The van der Waals surface area contributed by atoms with Crippen LogP contribution in [0.2, 0.25) is 0 Å². The van der Waals surface area contributed by atoms with Gasteiger partial charge in [-0.3, -0.25) is 4.79 Å². The number of thiophene rings is 1. The van der Waals surface area contributed by atoms with Gasteiger partial charge in [-0.2, -0.15) is 0 Å². The number of carbonyl (C=O) groups excluding carboxylic acids is 1. The zero-order chi connectivity index (χ0) is 15.5. The predicted octanol–water partition coefficient (Wildman–Crippen LogP) is 3.54. The lowest BCUT2D eigenvalue weighted by molar-refractivity contribution is -0.131. The van der Waals surface area contributed by atoms with Crippen LogP contribution in [-0.2, 0) is 4.79 Å². The largest absolute Gasteiger partial charge is 0.478 e. The van der Waals surface area contributed by atoms with Crippen LogP contribution in [0, 0.1) is 5.41 Å². The Bertz CT molecular complexity index is 550. The maximum absolute atomic E-state index is 12.2. The molecule has 2 N–H and O–H groups in total. The Balaban J connectivity index is 1.91. The highest BCUT2D eigenvalue weighted by atomic mass is 32.1. The molecule has 1 aliphatic carbocycles. The van der Waals surface area contributed by atoms with Crippen molar-refractivity contribution in [1.29, 1.82) is 0 Å². The van der Waals surface area contributed by atoms with Gasteiger partial charge in [-0.25, -0.2) is 4.79 Å². The van der Waals surface area contributed by atoms with E-state index >= 15 is 0 Å². The predicted molar refractivity (Wildman–Crippen MR) is 84.5 cm³/mol. The first kappa shape index (κ1) is 15.8. The monoisotopic (exact) mass is 307 g/mol. The smallest absolute Gasteiger partial charge is 0.328 e. The molecular formula is C16H21NO3S. The summed E-state index contributed by atoms with van der Waals surface area (Å²) in [7, 11) is 0. The van der Waals surface area contributed by atoms with Crippen molar-refractivity contribution < 1.29 is 14.7 Å². The van der Waals surface area contributed by atoms with E-state index < -0.39 is 5.97 Å². The lowest BCUT2D eigenvalue weighted by Crippen LogP contribution is -2.39. The molecule has 5 heteroatoms. The molecule has 0 unspecified atom stereocenters. The van der Waals surface area contributed by atoms with Crippen LogP contribution in [-0.4, -0.2) is 23.0 Å². The molecule has 0 spiro atoms. The molecule has 1 heterocycles. The number of rotatable bonds is 4. The van der Waals surface area contributed by atoms with Crippen LogP contribution in [0.4, 0.5) is 0 Å². The molecule has 1 saturated carbocycles. The molecule has 0 aromatic carbocycles. The third-order valence-corrected chi connectivity index (χ3v) is 4.84. The molecule has 1 aromatic heterocycles. The third kappa shape index (κ3) is 4.70. The Hall–Kier alpha value is -1.62. The van der Waals surface area contributed by atoms with Gasteiger partial charge in [-0.1, -0.05) is 13.8 Å². The molecular weight excluding hydrogens is 286 g/mol. The highest BCUT2D eigenvalue weighted by Crippen LogP contribution is 2.35. The van der Waals surface area contributed by atoms with Gasteiger partial charge >= 0.3 is 5.97 Å². The Morgan fingerprint density at radius 2 is 2.05 bits per heavy atom. The normalized spacial score (nSPS) is 18.8. The van der Waals surface area contributed by atoms with Crippen molar-refractivity contribution >= 4 is 29.3 Å². The maximum Gasteiger partial charge on any atom is 0.328 e. The van der Waals surface area contributed by atoms with Crippen molar-refractivity contribution in [2.45, 2.75) is 45.6 Å². The number of hydrogen-bond acceptors (Lipinski definition) is 3. The molecule has 0 bridgehead atoms. The average Bonchev–Trinajstić information content (AvgIpc) is 2.88. The molecule has 0 radical (unpaired) electrons. The van der Waals surface area contributed by atoms with Crippen molar-refractivity contribution in [2.24, 2.45) is 5.41 Å².